The second-order valence-corrected chi connectivity index (χ2v) is 7.89. The summed E-state index contributed by atoms with van der Waals surface area (Å²) in [5, 5.41) is 2.90. The van der Waals surface area contributed by atoms with Crippen LogP contribution in [0.15, 0.2) is 42.5 Å². The first kappa shape index (κ1) is 17.1. The molecule has 0 radical (unpaired) electrons. The molecule has 4 nitrogen and oxygen atoms in total. The lowest BCUT2D eigenvalue weighted by atomic mass is 9.88. The zero-order chi connectivity index (χ0) is 17.3. The molecule has 0 fully saturated rings. The number of carbonyl (C=O) groups is 1. The van der Waals surface area contributed by atoms with Crippen LogP contribution >= 0.6 is 22.6 Å². The largest absolute Gasteiger partial charge is 0.457 e. The number of hydrogen-bond donors (Lipinski definition) is 1. The van der Waals surface area contributed by atoms with E-state index in [-0.39, 0.29) is 5.92 Å². The number of para-hydroxylation sites is 1. The number of amides is 1. The van der Waals surface area contributed by atoms with Gasteiger partial charge in [0.1, 0.15) is 17.1 Å². The van der Waals surface area contributed by atoms with Gasteiger partial charge in [0.15, 0.2) is 0 Å². The first-order valence-corrected chi connectivity index (χ1v) is 8.95. The van der Waals surface area contributed by atoms with Gasteiger partial charge in [-0.05, 0) is 61.6 Å². The number of benzene rings is 2. The lowest BCUT2D eigenvalue weighted by Gasteiger charge is -2.29. The molecule has 1 atom stereocenters. The lowest BCUT2D eigenvalue weighted by molar-refractivity contribution is 0.0525. The highest BCUT2D eigenvalue weighted by Crippen LogP contribution is 2.45. The Balaban J connectivity index is 1.88. The highest BCUT2D eigenvalue weighted by atomic mass is 127. The lowest BCUT2D eigenvalue weighted by Crippen LogP contribution is -2.35. The molecule has 1 aliphatic heterocycles. The molecule has 0 saturated heterocycles. The average Bonchev–Trinajstić information content (AvgIpc) is 2.50. The first-order valence-electron chi connectivity index (χ1n) is 7.87. The number of rotatable bonds is 2. The van der Waals surface area contributed by atoms with Gasteiger partial charge in [0.05, 0.1) is 0 Å². The van der Waals surface area contributed by atoms with Gasteiger partial charge < -0.3 is 14.8 Å². The highest BCUT2D eigenvalue weighted by Gasteiger charge is 2.29. The summed E-state index contributed by atoms with van der Waals surface area (Å²) in [7, 11) is 0. The van der Waals surface area contributed by atoms with E-state index >= 15 is 0 Å². The van der Waals surface area contributed by atoms with E-state index in [9.17, 15) is 4.79 Å². The zero-order valence-corrected chi connectivity index (χ0v) is 16.1. The Hall–Kier alpha value is -1.76. The monoisotopic (exact) mass is 437 g/mol. The molecule has 0 aliphatic carbocycles. The van der Waals surface area contributed by atoms with Gasteiger partial charge in [-0.1, -0.05) is 24.3 Å². The standard InChI is InChI=1S/C19H20INO3/c1-19(2,3)24-18(22)21-11-13-12-7-4-5-9-15(12)23-16-10-6-8-14(20)17(13)16/h4-10,13H,11H2,1-3H3,(H,21,22). The zero-order valence-electron chi connectivity index (χ0n) is 13.9. The smallest absolute Gasteiger partial charge is 0.407 e. The Morgan fingerprint density at radius 3 is 2.62 bits per heavy atom. The summed E-state index contributed by atoms with van der Waals surface area (Å²) >= 11 is 2.31. The molecule has 126 valence electrons. The minimum Gasteiger partial charge on any atom is -0.457 e. The molecule has 0 saturated carbocycles. The molecule has 24 heavy (non-hydrogen) atoms. The number of nitrogens with one attached hydrogen (secondary N) is 1. The maximum absolute atomic E-state index is 12.0. The molecule has 0 spiro atoms. The van der Waals surface area contributed by atoms with E-state index in [0.717, 1.165) is 26.2 Å². The SMILES string of the molecule is CC(C)(C)OC(=O)NCC1c2ccccc2Oc2cccc(I)c21. The van der Waals surface area contributed by atoms with Crippen LogP contribution in [-0.4, -0.2) is 18.2 Å². The first-order chi connectivity index (χ1) is 11.3. The summed E-state index contributed by atoms with van der Waals surface area (Å²) in [5.74, 6) is 1.71. The van der Waals surface area contributed by atoms with Crippen LogP contribution < -0.4 is 10.1 Å². The van der Waals surface area contributed by atoms with E-state index in [0.29, 0.717) is 6.54 Å². The van der Waals surface area contributed by atoms with E-state index in [2.05, 4.69) is 34.0 Å². The summed E-state index contributed by atoms with van der Waals surface area (Å²) in [6, 6.07) is 13.9. The molecule has 1 amide bonds. The molecule has 1 heterocycles. The van der Waals surface area contributed by atoms with Crippen LogP contribution in [-0.2, 0) is 4.74 Å². The normalized spacial score (nSPS) is 15.8. The molecular formula is C19H20INO3. The summed E-state index contributed by atoms with van der Waals surface area (Å²) in [4.78, 5) is 12.0. The van der Waals surface area contributed by atoms with Crippen LogP contribution in [0.2, 0.25) is 0 Å². The molecular weight excluding hydrogens is 417 g/mol. The molecule has 2 aromatic carbocycles. The Morgan fingerprint density at radius 2 is 1.88 bits per heavy atom. The number of ether oxygens (including phenoxy) is 2. The Kier molecular flexibility index (Phi) is 4.71. The van der Waals surface area contributed by atoms with Crippen LogP contribution in [0.1, 0.15) is 37.8 Å². The number of carbonyl (C=O) groups excluding carboxylic acids is 1. The van der Waals surface area contributed by atoms with Gasteiger partial charge in [0.25, 0.3) is 0 Å². The van der Waals surface area contributed by atoms with Crippen molar-refractivity contribution >= 4 is 28.7 Å². The molecule has 1 unspecified atom stereocenters. The van der Waals surface area contributed by atoms with E-state index in [4.69, 9.17) is 9.47 Å². The second kappa shape index (κ2) is 6.63. The quantitative estimate of drug-likeness (QED) is 0.669. The van der Waals surface area contributed by atoms with Crippen molar-refractivity contribution in [1.29, 1.82) is 0 Å². The fourth-order valence-corrected chi connectivity index (χ4v) is 3.64. The molecule has 5 heteroatoms. The van der Waals surface area contributed by atoms with Gasteiger partial charge in [0, 0.05) is 27.2 Å². The van der Waals surface area contributed by atoms with Crippen LogP contribution in [0.25, 0.3) is 0 Å². The Labute approximate surface area is 155 Å². The van der Waals surface area contributed by atoms with Gasteiger partial charge in [-0.25, -0.2) is 4.79 Å². The van der Waals surface area contributed by atoms with Crippen molar-refractivity contribution in [1.82, 2.24) is 5.32 Å². The minimum absolute atomic E-state index is 0.0329. The average molecular weight is 437 g/mol. The third-order valence-corrected chi connectivity index (χ3v) is 4.67. The van der Waals surface area contributed by atoms with E-state index < -0.39 is 11.7 Å². The van der Waals surface area contributed by atoms with Gasteiger partial charge >= 0.3 is 6.09 Å². The molecule has 1 aliphatic rings. The number of halogens is 1. The van der Waals surface area contributed by atoms with Crippen molar-refractivity contribution in [3.63, 3.8) is 0 Å². The van der Waals surface area contributed by atoms with E-state index in [1.54, 1.807) is 0 Å². The van der Waals surface area contributed by atoms with E-state index in [1.807, 2.05) is 57.2 Å². The Morgan fingerprint density at radius 1 is 1.17 bits per heavy atom. The molecule has 2 aromatic rings. The van der Waals surface area contributed by atoms with Crippen LogP contribution in [0.5, 0.6) is 11.5 Å². The highest BCUT2D eigenvalue weighted by molar-refractivity contribution is 14.1. The van der Waals surface area contributed by atoms with Crippen molar-refractivity contribution < 1.29 is 14.3 Å². The topological polar surface area (TPSA) is 47.6 Å². The third-order valence-electron chi connectivity index (χ3n) is 3.73. The fraction of sp³-hybridized carbons (Fsp3) is 0.316. The molecule has 0 bridgehead atoms. The van der Waals surface area contributed by atoms with Crippen molar-refractivity contribution in [2.24, 2.45) is 0 Å². The predicted molar refractivity (Wildman–Crippen MR) is 102 cm³/mol. The Bertz CT molecular complexity index is 767. The maximum atomic E-state index is 12.0. The van der Waals surface area contributed by atoms with Gasteiger partial charge in [0.2, 0.25) is 0 Å². The van der Waals surface area contributed by atoms with Crippen LogP contribution in [0.4, 0.5) is 4.79 Å². The maximum Gasteiger partial charge on any atom is 0.407 e. The molecule has 0 aromatic heterocycles. The third kappa shape index (κ3) is 3.66. The summed E-state index contributed by atoms with van der Waals surface area (Å²) in [6.45, 7) is 6.03. The number of fused-ring (bicyclic) bond motifs is 2. The van der Waals surface area contributed by atoms with Crippen molar-refractivity contribution in [2.75, 3.05) is 6.54 Å². The van der Waals surface area contributed by atoms with Crippen molar-refractivity contribution in [3.8, 4) is 11.5 Å². The van der Waals surface area contributed by atoms with Crippen LogP contribution in [0.3, 0.4) is 0 Å². The van der Waals surface area contributed by atoms with Gasteiger partial charge in [-0.15, -0.1) is 0 Å². The van der Waals surface area contributed by atoms with Gasteiger partial charge in [-0.3, -0.25) is 0 Å². The number of hydrogen-bond acceptors (Lipinski definition) is 3. The van der Waals surface area contributed by atoms with Crippen LogP contribution in [0, 0.1) is 3.57 Å². The summed E-state index contributed by atoms with van der Waals surface area (Å²) in [5.41, 5.74) is 1.67. The van der Waals surface area contributed by atoms with Gasteiger partial charge in [-0.2, -0.15) is 0 Å². The minimum atomic E-state index is -0.510. The molecule has 3 rings (SSSR count). The van der Waals surface area contributed by atoms with E-state index in [1.165, 1.54) is 0 Å². The predicted octanol–water partition coefficient (Wildman–Crippen LogP) is 5.05. The second-order valence-electron chi connectivity index (χ2n) is 6.73. The summed E-state index contributed by atoms with van der Waals surface area (Å²) < 4.78 is 12.5. The number of alkyl carbamates (subject to hydrolysis) is 1. The summed E-state index contributed by atoms with van der Waals surface area (Å²) in [6.07, 6.45) is -0.404. The fourth-order valence-electron chi connectivity index (χ4n) is 2.79. The van der Waals surface area contributed by atoms with Crippen molar-refractivity contribution in [2.45, 2.75) is 32.3 Å². The van der Waals surface area contributed by atoms with Crippen molar-refractivity contribution in [3.05, 3.63) is 57.2 Å². The molecule has 1 N–H and O–H groups in total.